The number of benzene rings is 1. The fourth-order valence-corrected chi connectivity index (χ4v) is 1.49. The second kappa shape index (κ2) is 5.06. The molecule has 3 N–H and O–H groups in total. The number of rotatable bonds is 3. The maximum absolute atomic E-state index is 12.3. The second-order valence-corrected chi connectivity index (χ2v) is 4.33. The van der Waals surface area contributed by atoms with E-state index in [0.717, 1.165) is 5.56 Å². The number of halogens is 3. The Hall–Kier alpha value is -1.07. The molecular formula is C12H16F3NO. The summed E-state index contributed by atoms with van der Waals surface area (Å²) in [6.07, 6.45) is -7.23. The number of aliphatic hydroxyl groups excluding tert-OH is 1. The molecule has 0 aliphatic rings. The molecule has 96 valence electrons. The van der Waals surface area contributed by atoms with Gasteiger partial charge in [0.1, 0.15) is 0 Å². The zero-order valence-corrected chi connectivity index (χ0v) is 9.70. The van der Waals surface area contributed by atoms with Crippen molar-refractivity contribution >= 4 is 0 Å². The van der Waals surface area contributed by atoms with Gasteiger partial charge >= 0.3 is 6.18 Å². The molecule has 0 saturated heterocycles. The van der Waals surface area contributed by atoms with Crippen LogP contribution in [0, 0.1) is 0 Å². The summed E-state index contributed by atoms with van der Waals surface area (Å²) >= 11 is 0. The predicted molar refractivity (Wildman–Crippen MR) is 59.5 cm³/mol. The molecule has 0 fully saturated rings. The molecule has 0 saturated carbocycles. The van der Waals surface area contributed by atoms with Crippen LogP contribution in [0.1, 0.15) is 36.9 Å². The summed E-state index contributed by atoms with van der Waals surface area (Å²) in [6.45, 7) is 3.97. The van der Waals surface area contributed by atoms with Crippen molar-refractivity contribution in [2.75, 3.05) is 0 Å². The average molecular weight is 247 g/mol. The number of nitrogens with two attached hydrogens (primary N) is 1. The van der Waals surface area contributed by atoms with Crippen molar-refractivity contribution in [3.05, 3.63) is 35.4 Å². The summed E-state index contributed by atoms with van der Waals surface area (Å²) in [4.78, 5) is 0. The maximum Gasteiger partial charge on any atom is 0.416 e. The Balaban J connectivity index is 2.87. The van der Waals surface area contributed by atoms with Crippen LogP contribution in [0.5, 0.6) is 0 Å². The van der Waals surface area contributed by atoms with Gasteiger partial charge in [-0.2, -0.15) is 13.2 Å². The summed E-state index contributed by atoms with van der Waals surface area (Å²) in [5.41, 5.74) is 6.67. The van der Waals surface area contributed by atoms with Crippen LogP contribution in [0.15, 0.2) is 24.3 Å². The highest BCUT2D eigenvalue weighted by Gasteiger charge is 2.42. The summed E-state index contributed by atoms with van der Waals surface area (Å²) in [7, 11) is 0. The van der Waals surface area contributed by atoms with Crippen molar-refractivity contribution < 1.29 is 18.3 Å². The van der Waals surface area contributed by atoms with Crippen molar-refractivity contribution in [2.45, 2.75) is 38.1 Å². The minimum Gasteiger partial charge on any atom is -0.382 e. The van der Waals surface area contributed by atoms with Crippen LogP contribution in [0.3, 0.4) is 0 Å². The SMILES string of the molecule is CC(C)c1ccc([C@H](N)[C@H](O)C(F)(F)F)cc1. The quantitative estimate of drug-likeness (QED) is 0.862. The van der Waals surface area contributed by atoms with Crippen molar-refractivity contribution in [3.63, 3.8) is 0 Å². The summed E-state index contributed by atoms with van der Waals surface area (Å²) in [6, 6.07) is 5.05. The lowest BCUT2D eigenvalue weighted by atomic mass is 9.97. The first-order valence-electron chi connectivity index (χ1n) is 5.33. The molecule has 5 heteroatoms. The highest BCUT2D eigenvalue weighted by atomic mass is 19.4. The van der Waals surface area contributed by atoms with Gasteiger partial charge < -0.3 is 10.8 Å². The fourth-order valence-electron chi connectivity index (χ4n) is 1.49. The molecule has 0 aliphatic carbocycles. The lowest BCUT2D eigenvalue weighted by Crippen LogP contribution is -2.38. The topological polar surface area (TPSA) is 46.2 Å². The van der Waals surface area contributed by atoms with E-state index in [-0.39, 0.29) is 5.56 Å². The molecule has 1 aromatic carbocycles. The maximum atomic E-state index is 12.3. The Bertz CT molecular complexity index is 359. The van der Waals surface area contributed by atoms with Crippen LogP contribution < -0.4 is 5.73 Å². The van der Waals surface area contributed by atoms with Gasteiger partial charge in [-0.15, -0.1) is 0 Å². The predicted octanol–water partition coefficient (Wildman–Crippen LogP) is 2.73. The number of hydrogen-bond donors (Lipinski definition) is 2. The summed E-state index contributed by atoms with van der Waals surface area (Å²) in [5.74, 6) is 0.299. The van der Waals surface area contributed by atoms with E-state index < -0.39 is 18.3 Å². The van der Waals surface area contributed by atoms with Gasteiger partial charge in [-0.05, 0) is 17.0 Å². The van der Waals surface area contributed by atoms with E-state index in [2.05, 4.69) is 0 Å². The third-order valence-electron chi connectivity index (χ3n) is 2.66. The van der Waals surface area contributed by atoms with Crippen LogP contribution in [-0.4, -0.2) is 17.4 Å². The van der Waals surface area contributed by atoms with Crippen LogP contribution in [0.2, 0.25) is 0 Å². The molecule has 0 bridgehead atoms. The minimum atomic E-state index is -4.70. The van der Waals surface area contributed by atoms with Crippen molar-refractivity contribution in [3.8, 4) is 0 Å². The first kappa shape index (κ1) is 14.0. The Morgan fingerprint density at radius 3 is 1.82 bits per heavy atom. The fraction of sp³-hybridized carbons (Fsp3) is 0.500. The molecule has 17 heavy (non-hydrogen) atoms. The Morgan fingerprint density at radius 1 is 1.06 bits per heavy atom. The van der Waals surface area contributed by atoms with Gasteiger partial charge in [0.05, 0.1) is 6.04 Å². The van der Waals surface area contributed by atoms with E-state index in [0.29, 0.717) is 5.92 Å². The van der Waals surface area contributed by atoms with Gasteiger partial charge in [0, 0.05) is 0 Å². The average Bonchev–Trinajstić information content (AvgIpc) is 2.26. The van der Waals surface area contributed by atoms with Crippen LogP contribution in [0.4, 0.5) is 13.2 Å². The number of hydrogen-bond acceptors (Lipinski definition) is 2. The summed E-state index contributed by atoms with van der Waals surface area (Å²) < 4.78 is 36.8. The normalized spacial score (nSPS) is 16.0. The zero-order valence-electron chi connectivity index (χ0n) is 9.70. The van der Waals surface area contributed by atoms with Crippen molar-refractivity contribution in [1.29, 1.82) is 0 Å². The summed E-state index contributed by atoms with van der Waals surface area (Å²) in [5, 5.41) is 9.04. The second-order valence-electron chi connectivity index (χ2n) is 4.33. The minimum absolute atomic E-state index is 0.277. The van der Waals surface area contributed by atoms with Gasteiger partial charge in [-0.3, -0.25) is 0 Å². The van der Waals surface area contributed by atoms with E-state index in [1.807, 2.05) is 13.8 Å². The molecule has 2 nitrogen and oxygen atoms in total. The molecule has 2 atom stereocenters. The molecule has 0 unspecified atom stereocenters. The molecule has 0 aliphatic heterocycles. The first-order valence-corrected chi connectivity index (χ1v) is 5.33. The molecule has 1 aromatic rings. The van der Waals surface area contributed by atoms with Crippen LogP contribution >= 0.6 is 0 Å². The van der Waals surface area contributed by atoms with Crippen molar-refractivity contribution in [1.82, 2.24) is 0 Å². The Morgan fingerprint density at radius 2 is 1.47 bits per heavy atom. The van der Waals surface area contributed by atoms with E-state index in [4.69, 9.17) is 10.8 Å². The first-order chi connectivity index (χ1) is 7.73. The monoisotopic (exact) mass is 247 g/mol. The molecule has 1 rings (SSSR count). The third-order valence-corrected chi connectivity index (χ3v) is 2.66. The molecule has 0 aromatic heterocycles. The number of alkyl halides is 3. The van der Waals surface area contributed by atoms with Gasteiger partial charge in [0.2, 0.25) is 0 Å². The number of aliphatic hydroxyl groups is 1. The Labute approximate surface area is 98.3 Å². The third kappa shape index (κ3) is 3.44. The van der Waals surface area contributed by atoms with E-state index in [9.17, 15) is 13.2 Å². The molecule has 0 radical (unpaired) electrons. The zero-order chi connectivity index (χ0) is 13.2. The lowest BCUT2D eigenvalue weighted by Gasteiger charge is -2.22. The van der Waals surface area contributed by atoms with Crippen LogP contribution in [-0.2, 0) is 0 Å². The highest BCUT2D eigenvalue weighted by molar-refractivity contribution is 5.27. The largest absolute Gasteiger partial charge is 0.416 e. The molecule has 0 amide bonds. The van der Waals surface area contributed by atoms with E-state index >= 15 is 0 Å². The highest BCUT2D eigenvalue weighted by Crippen LogP contribution is 2.29. The Kier molecular flexibility index (Phi) is 4.16. The lowest BCUT2D eigenvalue weighted by molar-refractivity contribution is -0.210. The molecule has 0 spiro atoms. The van der Waals surface area contributed by atoms with Gasteiger partial charge in [0.25, 0.3) is 0 Å². The molecule has 0 heterocycles. The standard InChI is InChI=1S/C12H16F3NO/c1-7(2)8-3-5-9(6-4-8)10(16)11(17)12(13,14)15/h3-7,10-11,17H,16H2,1-2H3/t10-,11-/m0/s1. The van der Waals surface area contributed by atoms with Gasteiger partial charge in [-0.1, -0.05) is 38.1 Å². The van der Waals surface area contributed by atoms with Gasteiger partial charge in [0.15, 0.2) is 6.10 Å². The van der Waals surface area contributed by atoms with Crippen molar-refractivity contribution in [2.24, 2.45) is 5.73 Å². The smallest absolute Gasteiger partial charge is 0.382 e. The van der Waals surface area contributed by atoms with Crippen LogP contribution in [0.25, 0.3) is 0 Å². The van der Waals surface area contributed by atoms with E-state index in [1.54, 1.807) is 12.1 Å². The van der Waals surface area contributed by atoms with E-state index in [1.165, 1.54) is 12.1 Å². The van der Waals surface area contributed by atoms with Gasteiger partial charge in [-0.25, -0.2) is 0 Å². The molecular weight excluding hydrogens is 231 g/mol.